The van der Waals surface area contributed by atoms with Crippen molar-refractivity contribution < 1.29 is 0 Å². The van der Waals surface area contributed by atoms with E-state index in [4.69, 9.17) is 0 Å². The van der Waals surface area contributed by atoms with E-state index in [2.05, 4.69) is 59.4 Å². The van der Waals surface area contributed by atoms with Gasteiger partial charge in [0.2, 0.25) is 0 Å². The first kappa shape index (κ1) is 13.7. The average molecular weight is 284 g/mol. The van der Waals surface area contributed by atoms with E-state index in [1.54, 1.807) is 0 Å². The lowest BCUT2D eigenvalue weighted by molar-refractivity contribution is 0.387. The second-order valence-electron chi connectivity index (χ2n) is 4.30. The summed E-state index contributed by atoms with van der Waals surface area (Å²) in [5.74, 6) is 1.39. The Morgan fingerprint density at radius 2 is 1.94 bits per heavy atom. The van der Waals surface area contributed by atoms with E-state index in [-0.39, 0.29) is 0 Å². The fraction of sp³-hybridized carbons (Fsp3) is 0.571. The molecule has 1 rings (SSSR count). The zero-order chi connectivity index (χ0) is 12.0. The van der Waals surface area contributed by atoms with E-state index in [1.165, 1.54) is 22.9 Å². The molecule has 0 bridgehead atoms. The van der Waals surface area contributed by atoms with Crippen molar-refractivity contribution in [1.82, 2.24) is 5.32 Å². The van der Waals surface area contributed by atoms with Gasteiger partial charge >= 0.3 is 0 Å². The van der Waals surface area contributed by atoms with Crippen molar-refractivity contribution in [2.24, 2.45) is 5.92 Å². The third kappa shape index (κ3) is 3.60. The molecule has 1 N–H and O–H groups in total. The first-order valence-corrected chi connectivity index (χ1v) is 6.92. The van der Waals surface area contributed by atoms with Gasteiger partial charge in [0.1, 0.15) is 0 Å². The molecule has 0 spiro atoms. The molecule has 90 valence electrons. The zero-order valence-electron chi connectivity index (χ0n) is 10.5. The van der Waals surface area contributed by atoms with Gasteiger partial charge in [-0.05, 0) is 36.6 Å². The number of halogens is 1. The highest BCUT2D eigenvalue weighted by Crippen LogP contribution is 2.30. The number of hydrogen-bond acceptors (Lipinski definition) is 1. The van der Waals surface area contributed by atoms with Crippen molar-refractivity contribution in [3.05, 3.63) is 34.3 Å². The molecule has 0 aliphatic heterocycles. The number of hydrogen-bond donors (Lipinski definition) is 1. The molecular weight excluding hydrogens is 262 g/mol. The Labute approximate surface area is 108 Å². The van der Waals surface area contributed by atoms with Crippen LogP contribution in [0.3, 0.4) is 0 Å². The fourth-order valence-corrected chi connectivity index (χ4v) is 2.79. The molecule has 16 heavy (non-hydrogen) atoms. The number of rotatable bonds is 6. The molecule has 0 heterocycles. The maximum absolute atomic E-state index is 3.55. The highest BCUT2D eigenvalue weighted by atomic mass is 79.9. The summed E-state index contributed by atoms with van der Waals surface area (Å²) >= 11 is 3.55. The lowest BCUT2D eigenvalue weighted by Gasteiger charge is -2.25. The summed E-state index contributed by atoms with van der Waals surface area (Å²) in [6, 6.07) is 8.71. The molecule has 1 aromatic rings. The normalized spacial score (nSPS) is 13.1. The van der Waals surface area contributed by atoms with Crippen LogP contribution < -0.4 is 5.32 Å². The Bertz CT molecular complexity index is 307. The molecule has 0 aliphatic carbocycles. The molecule has 1 nitrogen and oxygen atoms in total. The van der Waals surface area contributed by atoms with E-state index in [9.17, 15) is 0 Å². The van der Waals surface area contributed by atoms with Gasteiger partial charge in [0.15, 0.2) is 0 Å². The van der Waals surface area contributed by atoms with Gasteiger partial charge in [-0.2, -0.15) is 0 Å². The van der Waals surface area contributed by atoms with Crippen LogP contribution in [0.15, 0.2) is 28.7 Å². The smallest absolute Gasteiger partial charge is 0.0178 e. The van der Waals surface area contributed by atoms with Gasteiger partial charge < -0.3 is 5.32 Å². The van der Waals surface area contributed by atoms with Gasteiger partial charge in [-0.25, -0.2) is 0 Å². The van der Waals surface area contributed by atoms with Crippen LogP contribution >= 0.6 is 15.9 Å². The Morgan fingerprint density at radius 1 is 1.25 bits per heavy atom. The Hall–Kier alpha value is -0.340. The molecule has 0 saturated carbocycles. The minimum absolute atomic E-state index is 0.623. The number of benzene rings is 1. The van der Waals surface area contributed by atoms with Crippen molar-refractivity contribution in [2.45, 2.75) is 32.6 Å². The van der Waals surface area contributed by atoms with Gasteiger partial charge in [0.25, 0.3) is 0 Å². The second kappa shape index (κ2) is 7.08. The highest BCUT2D eigenvalue weighted by molar-refractivity contribution is 9.10. The molecule has 0 aromatic heterocycles. The Kier molecular flexibility index (Phi) is 6.07. The predicted octanol–water partition coefficient (Wildman–Crippen LogP) is 4.19. The van der Waals surface area contributed by atoms with E-state index < -0.39 is 0 Å². The maximum Gasteiger partial charge on any atom is 0.0178 e. The Morgan fingerprint density at radius 3 is 2.44 bits per heavy atom. The van der Waals surface area contributed by atoms with Gasteiger partial charge in [-0.3, -0.25) is 0 Å². The molecule has 0 fully saturated rings. The van der Waals surface area contributed by atoms with Crippen LogP contribution in [0.1, 0.15) is 38.2 Å². The summed E-state index contributed by atoms with van der Waals surface area (Å²) in [7, 11) is 2.04. The molecule has 1 aromatic carbocycles. The molecule has 1 atom stereocenters. The van der Waals surface area contributed by atoms with Crippen molar-refractivity contribution in [3.63, 3.8) is 0 Å². The lowest BCUT2D eigenvalue weighted by atomic mass is 9.82. The predicted molar refractivity (Wildman–Crippen MR) is 74.9 cm³/mol. The van der Waals surface area contributed by atoms with Crippen LogP contribution in [-0.2, 0) is 0 Å². The SMILES string of the molecule is CCC(CC)C(CNC)c1cccc(Br)c1. The van der Waals surface area contributed by atoms with Crippen molar-refractivity contribution in [3.8, 4) is 0 Å². The van der Waals surface area contributed by atoms with Crippen LogP contribution in [0.2, 0.25) is 0 Å². The van der Waals surface area contributed by atoms with E-state index in [0.29, 0.717) is 5.92 Å². The molecule has 0 amide bonds. The lowest BCUT2D eigenvalue weighted by Crippen LogP contribution is -2.23. The quantitative estimate of drug-likeness (QED) is 0.826. The van der Waals surface area contributed by atoms with Crippen molar-refractivity contribution in [2.75, 3.05) is 13.6 Å². The van der Waals surface area contributed by atoms with Gasteiger partial charge in [-0.15, -0.1) is 0 Å². The van der Waals surface area contributed by atoms with E-state index in [1.807, 2.05) is 7.05 Å². The highest BCUT2D eigenvalue weighted by Gasteiger charge is 2.19. The molecule has 1 unspecified atom stereocenters. The summed E-state index contributed by atoms with van der Waals surface area (Å²) in [5, 5.41) is 3.32. The summed E-state index contributed by atoms with van der Waals surface area (Å²) in [6.07, 6.45) is 2.49. The molecule has 2 heteroatoms. The van der Waals surface area contributed by atoms with Crippen molar-refractivity contribution >= 4 is 15.9 Å². The van der Waals surface area contributed by atoms with E-state index >= 15 is 0 Å². The van der Waals surface area contributed by atoms with Crippen LogP contribution in [0.25, 0.3) is 0 Å². The first-order chi connectivity index (χ1) is 7.72. The summed E-state index contributed by atoms with van der Waals surface area (Å²) in [4.78, 5) is 0. The van der Waals surface area contributed by atoms with Crippen LogP contribution in [-0.4, -0.2) is 13.6 Å². The zero-order valence-corrected chi connectivity index (χ0v) is 12.0. The molecule has 0 radical (unpaired) electrons. The van der Waals surface area contributed by atoms with Gasteiger partial charge in [0, 0.05) is 11.0 Å². The monoisotopic (exact) mass is 283 g/mol. The minimum Gasteiger partial charge on any atom is -0.319 e. The minimum atomic E-state index is 0.623. The third-order valence-electron chi connectivity index (χ3n) is 3.32. The largest absolute Gasteiger partial charge is 0.319 e. The van der Waals surface area contributed by atoms with E-state index in [0.717, 1.165) is 12.5 Å². The van der Waals surface area contributed by atoms with Crippen LogP contribution in [0, 0.1) is 5.92 Å². The molecule has 0 aliphatic rings. The fourth-order valence-electron chi connectivity index (χ4n) is 2.37. The standard InChI is InChI=1S/C14H22BrN/c1-4-11(5-2)14(10-16-3)12-7-6-8-13(15)9-12/h6-9,11,14,16H,4-5,10H2,1-3H3. The Balaban J connectivity index is 2.91. The maximum atomic E-state index is 3.55. The third-order valence-corrected chi connectivity index (χ3v) is 3.81. The second-order valence-corrected chi connectivity index (χ2v) is 5.21. The topological polar surface area (TPSA) is 12.0 Å². The summed E-state index contributed by atoms with van der Waals surface area (Å²) in [6.45, 7) is 5.63. The van der Waals surface area contributed by atoms with Crippen LogP contribution in [0.4, 0.5) is 0 Å². The summed E-state index contributed by atoms with van der Waals surface area (Å²) in [5.41, 5.74) is 1.44. The summed E-state index contributed by atoms with van der Waals surface area (Å²) < 4.78 is 1.18. The van der Waals surface area contributed by atoms with Crippen LogP contribution in [0.5, 0.6) is 0 Å². The number of likely N-dealkylation sites (N-methyl/N-ethyl adjacent to an activating group) is 1. The number of nitrogens with one attached hydrogen (secondary N) is 1. The molecular formula is C14H22BrN. The molecule has 0 saturated heterocycles. The van der Waals surface area contributed by atoms with Gasteiger partial charge in [-0.1, -0.05) is 54.8 Å². The van der Waals surface area contributed by atoms with Crippen molar-refractivity contribution in [1.29, 1.82) is 0 Å². The average Bonchev–Trinajstić information content (AvgIpc) is 2.29. The first-order valence-electron chi connectivity index (χ1n) is 6.12. The van der Waals surface area contributed by atoms with Gasteiger partial charge in [0.05, 0.1) is 0 Å².